The first-order valence-corrected chi connectivity index (χ1v) is 6.81. The normalized spacial score (nSPS) is 10.7. The first-order chi connectivity index (χ1) is 7.77. The number of hydrogen-bond donors (Lipinski definition) is 2. The predicted molar refractivity (Wildman–Crippen MR) is 68.2 cm³/mol. The molecule has 1 aromatic rings. The number of hydrogen-bond acceptors (Lipinski definition) is 2. The van der Waals surface area contributed by atoms with Gasteiger partial charge >= 0.3 is 0 Å². The SMILES string of the molecule is CC[NH+](CC)CCCNC(=O)c1cccs1. The van der Waals surface area contributed by atoms with Crippen LogP contribution in [0.3, 0.4) is 0 Å². The van der Waals surface area contributed by atoms with Crippen LogP contribution in [0.25, 0.3) is 0 Å². The molecule has 90 valence electrons. The van der Waals surface area contributed by atoms with Crippen molar-refractivity contribution in [1.82, 2.24) is 5.32 Å². The summed E-state index contributed by atoms with van der Waals surface area (Å²) in [6.45, 7) is 8.63. The van der Waals surface area contributed by atoms with Crippen LogP contribution in [0.2, 0.25) is 0 Å². The molecule has 0 aliphatic carbocycles. The van der Waals surface area contributed by atoms with Crippen molar-refractivity contribution in [2.24, 2.45) is 0 Å². The van der Waals surface area contributed by atoms with E-state index in [1.165, 1.54) is 11.3 Å². The van der Waals surface area contributed by atoms with Gasteiger partial charge in [0, 0.05) is 13.0 Å². The van der Waals surface area contributed by atoms with Gasteiger partial charge in [0.2, 0.25) is 0 Å². The van der Waals surface area contributed by atoms with Crippen LogP contribution in [0, 0.1) is 0 Å². The molecule has 1 heterocycles. The zero-order chi connectivity index (χ0) is 11.8. The first kappa shape index (κ1) is 13.2. The third-order valence-corrected chi connectivity index (χ3v) is 3.61. The Hall–Kier alpha value is -0.870. The average Bonchev–Trinajstić information content (AvgIpc) is 2.82. The predicted octanol–water partition coefficient (Wildman–Crippen LogP) is 0.793. The van der Waals surface area contributed by atoms with Gasteiger partial charge in [-0.1, -0.05) is 6.07 Å². The van der Waals surface area contributed by atoms with E-state index in [-0.39, 0.29) is 5.91 Å². The molecule has 0 aliphatic heterocycles. The molecule has 2 N–H and O–H groups in total. The second kappa shape index (κ2) is 7.41. The number of thiophene rings is 1. The maximum absolute atomic E-state index is 11.6. The minimum absolute atomic E-state index is 0.0598. The van der Waals surface area contributed by atoms with Crippen molar-refractivity contribution in [3.05, 3.63) is 22.4 Å². The van der Waals surface area contributed by atoms with Gasteiger partial charge in [-0.05, 0) is 25.3 Å². The van der Waals surface area contributed by atoms with E-state index in [0.29, 0.717) is 0 Å². The summed E-state index contributed by atoms with van der Waals surface area (Å²) in [6, 6.07) is 3.76. The summed E-state index contributed by atoms with van der Waals surface area (Å²) in [4.78, 5) is 14.0. The Labute approximate surface area is 101 Å². The van der Waals surface area contributed by atoms with Gasteiger partial charge in [0.25, 0.3) is 5.91 Å². The summed E-state index contributed by atoms with van der Waals surface area (Å²) in [6.07, 6.45) is 1.05. The van der Waals surface area contributed by atoms with E-state index in [1.807, 2.05) is 17.5 Å². The Morgan fingerprint density at radius 2 is 2.19 bits per heavy atom. The van der Waals surface area contributed by atoms with Gasteiger partial charge in [-0.15, -0.1) is 11.3 Å². The highest BCUT2D eigenvalue weighted by atomic mass is 32.1. The molecule has 4 heteroatoms. The molecule has 0 spiro atoms. The molecule has 3 nitrogen and oxygen atoms in total. The topological polar surface area (TPSA) is 33.5 Å². The van der Waals surface area contributed by atoms with Gasteiger partial charge in [0.05, 0.1) is 24.5 Å². The zero-order valence-corrected chi connectivity index (χ0v) is 10.9. The molecule has 0 radical (unpaired) electrons. The van der Waals surface area contributed by atoms with Gasteiger partial charge in [-0.2, -0.15) is 0 Å². The highest BCUT2D eigenvalue weighted by Crippen LogP contribution is 2.07. The summed E-state index contributed by atoms with van der Waals surface area (Å²) >= 11 is 1.49. The van der Waals surface area contributed by atoms with E-state index in [1.54, 1.807) is 4.90 Å². The number of quaternary nitrogens is 1. The van der Waals surface area contributed by atoms with E-state index in [0.717, 1.165) is 37.5 Å². The van der Waals surface area contributed by atoms with Gasteiger partial charge in [-0.3, -0.25) is 4.79 Å². The van der Waals surface area contributed by atoms with Crippen molar-refractivity contribution in [2.75, 3.05) is 26.2 Å². The Bertz CT molecular complexity index is 294. The molecule has 1 rings (SSSR count). The van der Waals surface area contributed by atoms with Crippen molar-refractivity contribution < 1.29 is 9.69 Å². The fraction of sp³-hybridized carbons (Fsp3) is 0.583. The maximum atomic E-state index is 11.6. The Morgan fingerprint density at radius 1 is 1.44 bits per heavy atom. The molecule has 0 atom stereocenters. The average molecular weight is 241 g/mol. The number of carbonyl (C=O) groups excluding carboxylic acids is 1. The molecule has 1 amide bonds. The van der Waals surface area contributed by atoms with E-state index in [4.69, 9.17) is 0 Å². The third-order valence-electron chi connectivity index (χ3n) is 2.74. The lowest BCUT2D eigenvalue weighted by Crippen LogP contribution is -3.11. The van der Waals surface area contributed by atoms with Crippen LogP contribution in [0.4, 0.5) is 0 Å². The van der Waals surface area contributed by atoms with E-state index in [9.17, 15) is 4.79 Å². The Balaban J connectivity index is 2.14. The zero-order valence-electron chi connectivity index (χ0n) is 10.1. The Morgan fingerprint density at radius 3 is 2.75 bits per heavy atom. The van der Waals surface area contributed by atoms with Crippen LogP contribution in [-0.2, 0) is 0 Å². The number of rotatable bonds is 7. The second-order valence-electron chi connectivity index (χ2n) is 3.79. The van der Waals surface area contributed by atoms with Gasteiger partial charge in [0.1, 0.15) is 0 Å². The summed E-state index contributed by atoms with van der Waals surface area (Å²) in [5.74, 6) is 0.0598. The lowest BCUT2D eigenvalue weighted by Gasteiger charge is -2.14. The lowest BCUT2D eigenvalue weighted by atomic mass is 10.3. The second-order valence-corrected chi connectivity index (χ2v) is 4.74. The molecular formula is C12H21N2OS+. The number of nitrogens with one attached hydrogen (secondary N) is 2. The van der Waals surface area contributed by atoms with Gasteiger partial charge in [0.15, 0.2) is 0 Å². The molecule has 0 fully saturated rings. The summed E-state index contributed by atoms with van der Waals surface area (Å²) in [5, 5.41) is 4.87. The van der Waals surface area contributed by atoms with Crippen LogP contribution in [0.5, 0.6) is 0 Å². The van der Waals surface area contributed by atoms with Crippen molar-refractivity contribution in [2.45, 2.75) is 20.3 Å². The van der Waals surface area contributed by atoms with Crippen molar-refractivity contribution in [3.8, 4) is 0 Å². The summed E-state index contributed by atoms with van der Waals surface area (Å²) < 4.78 is 0. The standard InChI is InChI=1S/C12H20N2OS/c1-3-14(4-2)9-6-8-13-12(15)11-7-5-10-16-11/h5,7,10H,3-4,6,8-9H2,1-2H3,(H,13,15)/p+1. The minimum atomic E-state index is 0.0598. The van der Waals surface area contributed by atoms with Crippen molar-refractivity contribution in [3.63, 3.8) is 0 Å². The summed E-state index contributed by atoms with van der Waals surface area (Å²) in [7, 11) is 0. The number of carbonyl (C=O) groups is 1. The van der Waals surface area contributed by atoms with Crippen LogP contribution < -0.4 is 10.2 Å². The largest absolute Gasteiger partial charge is 0.351 e. The first-order valence-electron chi connectivity index (χ1n) is 5.93. The van der Waals surface area contributed by atoms with E-state index >= 15 is 0 Å². The smallest absolute Gasteiger partial charge is 0.261 e. The fourth-order valence-electron chi connectivity index (χ4n) is 1.64. The molecule has 0 saturated heterocycles. The third kappa shape index (κ3) is 4.33. The molecule has 16 heavy (non-hydrogen) atoms. The van der Waals surface area contributed by atoms with Crippen LogP contribution >= 0.6 is 11.3 Å². The quantitative estimate of drug-likeness (QED) is 0.680. The van der Waals surface area contributed by atoms with E-state index < -0.39 is 0 Å². The van der Waals surface area contributed by atoms with Gasteiger partial charge < -0.3 is 10.2 Å². The highest BCUT2D eigenvalue weighted by molar-refractivity contribution is 7.12. The molecule has 0 aromatic carbocycles. The number of amides is 1. The fourth-order valence-corrected chi connectivity index (χ4v) is 2.28. The van der Waals surface area contributed by atoms with Crippen LogP contribution in [-0.4, -0.2) is 32.1 Å². The minimum Gasteiger partial charge on any atom is -0.351 e. The van der Waals surface area contributed by atoms with Crippen LogP contribution in [0.1, 0.15) is 29.9 Å². The molecule has 0 bridgehead atoms. The molecular weight excluding hydrogens is 220 g/mol. The van der Waals surface area contributed by atoms with E-state index in [2.05, 4.69) is 19.2 Å². The molecule has 0 saturated carbocycles. The van der Waals surface area contributed by atoms with Crippen molar-refractivity contribution >= 4 is 17.2 Å². The maximum Gasteiger partial charge on any atom is 0.261 e. The summed E-state index contributed by atoms with van der Waals surface area (Å²) in [5.41, 5.74) is 0. The molecule has 0 unspecified atom stereocenters. The molecule has 1 aromatic heterocycles. The monoisotopic (exact) mass is 241 g/mol. The van der Waals surface area contributed by atoms with Gasteiger partial charge in [-0.25, -0.2) is 0 Å². The van der Waals surface area contributed by atoms with Crippen molar-refractivity contribution in [1.29, 1.82) is 0 Å². The Kier molecular flexibility index (Phi) is 6.11. The lowest BCUT2D eigenvalue weighted by molar-refractivity contribution is -0.896. The molecule has 0 aliphatic rings. The highest BCUT2D eigenvalue weighted by Gasteiger charge is 2.06. The van der Waals surface area contributed by atoms with Crippen LogP contribution in [0.15, 0.2) is 17.5 Å².